The van der Waals surface area contributed by atoms with E-state index in [1.807, 2.05) is 0 Å². The van der Waals surface area contributed by atoms with Gasteiger partial charge in [-0.15, -0.1) is 0 Å². The molecule has 18 heavy (non-hydrogen) atoms. The maximum absolute atomic E-state index is 11.7. The van der Waals surface area contributed by atoms with Gasteiger partial charge in [0.05, 0.1) is 0 Å². The first kappa shape index (κ1) is 15.4. The number of methoxy groups -OCH3 is 1. The Bertz CT molecular complexity index is 355. The number of ether oxygens (including phenoxy) is 1. The third kappa shape index (κ3) is 5.81. The van der Waals surface area contributed by atoms with E-state index in [1.54, 1.807) is 13.2 Å². The largest absolute Gasteiger partial charge is 0.377 e. The molecule has 0 aliphatic carbocycles. The Morgan fingerprint density at radius 3 is 2.94 bits per heavy atom. The summed E-state index contributed by atoms with van der Waals surface area (Å²) in [5.41, 5.74) is 0.314. The smallest absolute Gasteiger partial charge is 0.273 e. The van der Waals surface area contributed by atoms with E-state index in [9.17, 15) is 4.79 Å². The molecule has 1 aromatic heterocycles. The van der Waals surface area contributed by atoms with Crippen LogP contribution in [0.1, 0.15) is 41.9 Å². The molecule has 5 nitrogen and oxygen atoms in total. The molecule has 102 valence electrons. The number of halogens is 1. The summed E-state index contributed by atoms with van der Waals surface area (Å²) in [5, 5.41) is 6.52. The van der Waals surface area contributed by atoms with Crippen LogP contribution in [0, 0.1) is 0 Å². The second-order valence-corrected chi connectivity index (χ2v) is 5.05. The number of unbranched alkanes of at least 4 members (excludes halogenated alkanes) is 3. The normalized spacial score (nSPS) is 10.6. The molecule has 0 fully saturated rings. The summed E-state index contributed by atoms with van der Waals surface area (Å²) in [6, 6.07) is 1.61. The van der Waals surface area contributed by atoms with Crippen molar-refractivity contribution < 1.29 is 14.1 Å². The maximum Gasteiger partial charge on any atom is 0.273 e. The van der Waals surface area contributed by atoms with Crippen LogP contribution in [0.4, 0.5) is 0 Å². The molecule has 0 aromatic carbocycles. The molecule has 0 aliphatic heterocycles. The van der Waals surface area contributed by atoms with Gasteiger partial charge in [-0.05, 0) is 17.3 Å². The van der Waals surface area contributed by atoms with E-state index in [2.05, 4.69) is 33.1 Å². The van der Waals surface area contributed by atoms with Gasteiger partial charge in [0.15, 0.2) is 11.5 Å². The molecule has 1 rings (SSSR count). The molecule has 0 saturated carbocycles. The highest BCUT2D eigenvalue weighted by Gasteiger charge is 2.11. The van der Waals surface area contributed by atoms with Crippen LogP contribution in [0.3, 0.4) is 0 Å². The van der Waals surface area contributed by atoms with Gasteiger partial charge in [0.2, 0.25) is 0 Å². The first-order chi connectivity index (χ1) is 8.77. The molecule has 0 atom stereocenters. The van der Waals surface area contributed by atoms with Gasteiger partial charge in [0.25, 0.3) is 5.91 Å². The molecule has 0 unspecified atom stereocenters. The molecule has 0 spiro atoms. The van der Waals surface area contributed by atoms with Crippen molar-refractivity contribution >= 4 is 28.5 Å². The molecule has 6 heteroatoms. The minimum absolute atomic E-state index is 0.185. The van der Waals surface area contributed by atoms with Crippen LogP contribution in [-0.2, 0) is 11.3 Å². The summed E-state index contributed by atoms with van der Waals surface area (Å²) in [6.07, 6.45) is 4.63. The lowest BCUT2D eigenvalue weighted by atomic mass is 10.2. The van der Waals surface area contributed by atoms with Crippen molar-refractivity contribution in [2.45, 2.75) is 32.3 Å². The van der Waals surface area contributed by atoms with Gasteiger partial charge in [-0.1, -0.05) is 40.6 Å². The van der Waals surface area contributed by atoms with Crippen molar-refractivity contribution in [1.82, 2.24) is 10.5 Å². The Hall–Kier alpha value is -0.630. The summed E-state index contributed by atoms with van der Waals surface area (Å²) < 4.78 is 11.0. The molecular formula is C12H19IN2O3. The highest BCUT2D eigenvalue weighted by molar-refractivity contribution is 14.1. The summed E-state index contributed by atoms with van der Waals surface area (Å²) in [7, 11) is 1.57. The first-order valence-corrected chi connectivity index (χ1v) is 7.59. The lowest BCUT2D eigenvalue weighted by Gasteiger charge is -2.02. The van der Waals surface area contributed by atoms with Gasteiger partial charge < -0.3 is 14.6 Å². The second kappa shape index (κ2) is 9.32. The van der Waals surface area contributed by atoms with Crippen molar-refractivity contribution in [3.05, 3.63) is 17.5 Å². The number of aromatic nitrogens is 1. The second-order valence-electron chi connectivity index (χ2n) is 3.97. The fourth-order valence-electron chi connectivity index (χ4n) is 1.50. The van der Waals surface area contributed by atoms with E-state index in [4.69, 9.17) is 9.26 Å². The standard InChI is InChI=1S/C12H19IN2O3/c1-17-9-10-8-11(15-18-10)12(16)14-7-5-3-2-4-6-13/h8H,2-7,9H2,1H3,(H,14,16). The number of hydrogen-bond acceptors (Lipinski definition) is 4. The fraction of sp³-hybridized carbons (Fsp3) is 0.667. The SMILES string of the molecule is COCc1cc(C(=O)NCCCCCCI)no1. The fourth-order valence-corrected chi connectivity index (χ4v) is 2.04. The number of nitrogens with one attached hydrogen (secondary N) is 1. The molecule has 1 aromatic rings. The molecule has 0 saturated heterocycles. The van der Waals surface area contributed by atoms with Crippen LogP contribution in [-0.4, -0.2) is 29.1 Å². The van der Waals surface area contributed by atoms with E-state index < -0.39 is 0 Å². The van der Waals surface area contributed by atoms with Gasteiger partial charge >= 0.3 is 0 Å². The van der Waals surface area contributed by atoms with E-state index in [0.717, 1.165) is 12.8 Å². The Balaban J connectivity index is 2.19. The third-order valence-electron chi connectivity index (χ3n) is 2.42. The van der Waals surface area contributed by atoms with E-state index in [-0.39, 0.29) is 5.91 Å². The van der Waals surface area contributed by atoms with Crippen LogP contribution in [0.2, 0.25) is 0 Å². The predicted octanol–water partition coefficient (Wildman–Crippen LogP) is 2.55. The molecule has 0 bridgehead atoms. The Morgan fingerprint density at radius 1 is 1.44 bits per heavy atom. The van der Waals surface area contributed by atoms with Crippen LogP contribution in [0.25, 0.3) is 0 Å². The van der Waals surface area contributed by atoms with Crippen LogP contribution in [0.5, 0.6) is 0 Å². The van der Waals surface area contributed by atoms with Gasteiger partial charge in [-0.2, -0.15) is 0 Å². The predicted molar refractivity (Wildman–Crippen MR) is 76.9 cm³/mol. The zero-order valence-electron chi connectivity index (χ0n) is 10.6. The van der Waals surface area contributed by atoms with Crippen molar-refractivity contribution in [1.29, 1.82) is 0 Å². The number of rotatable bonds is 9. The van der Waals surface area contributed by atoms with Gasteiger partial charge in [0.1, 0.15) is 6.61 Å². The number of carbonyl (C=O) groups is 1. The average Bonchev–Trinajstić information content (AvgIpc) is 2.82. The average molecular weight is 366 g/mol. The number of nitrogens with zero attached hydrogens (tertiary/aromatic N) is 1. The monoisotopic (exact) mass is 366 g/mol. The highest BCUT2D eigenvalue weighted by Crippen LogP contribution is 2.05. The number of hydrogen-bond donors (Lipinski definition) is 1. The van der Waals surface area contributed by atoms with Crippen LogP contribution < -0.4 is 5.32 Å². The van der Waals surface area contributed by atoms with Crippen LogP contribution >= 0.6 is 22.6 Å². The van der Waals surface area contributed by atoms with Gasteiger partial charge in [-0.25, -0.2) is 0 Å². The molecule has 0 radical (unpaired) electrons. The molecule has 1 heterocycles. The quantitative estimate of drug-likeness (QED) is 0.415. The number of carbonyl (C=O) groups excluding carboxylic acids is 1. The summed E-state index contributed by atoms with van der Waals surface area (Å²) >= 11 is 2.38. The zero-order valence-corrected chi connectivity index (χ0v) is 12.7. The van der Waals surface area contributed by atoms with Gasteiger partial charge in [0, 0.05) is 19.7 Å². The lowest BCUT2D eigenvalue weighted by Crippen LogP contribution is -2.24. The highest BCUT2D eigenvalue weighted by atomic mass is 127. The zero-order chi connectivity index (χ0) is 13.2. The molecular weight excluding hydrogens is 347 g/mol. The Morgan fingerprint density at radius 2 is 2.22 bits per heavy atom. The summed E-state index contributed by atoms with van der Waals surface area (Å²) in [5.74, 6) is 0.375. The van der Waals surface area contributed by atoms with Crippen molar-refractivity contribution in [3.8, 4) is 0 Å². The Labute approximate surface area is 121 Å². The van der Waals surface area contributed by atoms with Crippen molar-refractivity contribution in [3.63, 3.8) is 0 Å². The maximum atomic E-state index is 11.7. The summed E-state index contributed by atoms with van der Waals surface area (Å²) in [6.45, 7) is 1.02. The van der Waals surface area contributed by atoms with Crippen molar-refractivity contribution in [2.24, 2.45) is 0 Å². The molecule has 1 amide bonds. The minimum atomic E-state index is -0.185. The lowest BCUT2D eigenvalue weighted by molar-refractivity contribution is 0.0943. The third-order valence-corrected chi connectivity index (χ3v) is 3.19. The van der Waals surface area contributed by atoms with E-state index in [0.29, 0.717) is 24.6 Å². The van der Waals surface area contributed by atoms with Crippen molar-refractivity contribution in [2.75, 3.05) is 18.1 Å². The Kier molecular flexibility index (Phi) is 7.99. The molecule has 0 aliphatic rings. The topological polar surface area (TPSA) is 64.4 Å². The number of alkyl halides is 1. The van der Waals surface area contributed by atoms with Gasteiger partial charge in [-0.3, -0.25) is 4.79 Å². The molecule has 1 N–H and O–H groups in total. The summed E-state index contributed by atoms with van der Waals surface area (Å²) in [4.78, 5) is 11.7. The van der Waals surface area contributed by atoms with Crippen LogP contribution in [0.15, 0.2) is 10.6 Å². The minimum Gasteiger partial charge on any atom is -0.377 e. The van der Waals surface area contributed by atoms with E-state index in [1.165, 1.54) is 17.3 Å². The first-order valence-electron chi connectivity index (χ1n) is 6.06. The van der Waals surface area contributed by atoms with E-state index >= 15 is 0 Å². The number of amides is 1.